The van der Waals surface area contributed by atoms with Crippen molar-refractivity contribution < 1.29 is 9.53 Å². The summed E-state index contributed by atoms with van der Waals surface area (Å²) in [6, 6.07) is 13.8. The normalized spacial score (nSPS) is 11.4. The van der Waals surface area contributed by atoms with Crippen LogP contribution in [-0.2, 0) is 11.3 Å². The fraction of sp³-hybridized carbons (Fsp3) is 0.391. The van der Waals surface area contributed by atoms with Gasteiger partial charge in [-0.3, -0.25) is 4.79 Å². The molecule has 3 aromatic rings. The fourth-order valence-corrected chi connectivity index (χ4v) is 3.02. The van der Waals surface area contributed by atoms with Crippen molar-refractivity contribution in [2.45, 2.75) is 47.2 Å². The van der Waals surface area contributed by atoms with Crippen LogP contribution in [0.3, 0.4) is 0 Å². The number of aryl methyl sites for hydroxylation is 2. The van der Waals surface area contributed by atoms with Gasteiger partial charge in [-0.2, -0.15) is 0 Å². The average Bonchev–Trinajstić information content (AvgIpc) is 3.24. The molecule has 1 heterocycles. The molecule has 0 aliphatic heterocycles. The molecule has 1 atom stereocenters. The van der Waals surface area contributed by atoms with Gasteiger partial charge in [-0.05, 0) is 60.5 Å². The molecule has 0 saturated heterocycles. The molecule has 1 amide bonds. The van der Waals surface area contributed by atoms with E-state index in [0.717, 1.165) is 16.7 Å². The number of nitrogens with one attached hydrogen (secondary N) is 1. The monoisotopic (exact) mass is 409 g/mol. The van der Waals surface area contributed by atoms with Crippen LogP contribution in [0.15, 0.2) is 42.5 Å². The number of tetrazole rings is 1. The molecular formula is C23H31N5O2. The Balaban J connectivity index is 0.00000155. The van der Waals surface area contributed by atoms with Gasteiger partial charge < -0.3 is 10.1 Å². The largest absolute Gasteiger partial charge is 0.383 e. The second kappa shape index (κ2) is 11.2. The number of hydrogen-bond acceptors (Lipinski definition) is 5. The zero-order valence-electron chi connectivity index (χ0n) is 18.6. The molecule has 0 saturated carbocycles. The minimum atomic E-state index is -0.157. The lowest BCUT2D eigenvalue weighted by molar-refractivity contribution is 0.0905. The molecule has 1 aromatic heterocycles. The van der Waals surface area contributed by atoms with Gasteiger partial charge in [0.1, 0.15) is 0 Å². The van der Waals surface area contributed by atoms with E-state index < -0.39 is 0 Å². The third-order valence-electron chi connectivity index (χ3n) is 4.46. The van der Waals surface area contributed by atoms with E-state index >= 15 is 0 Å². The van der Waals surface area contributed by atoms with Gasteiger partial charge in [0, 0.05) is 30.8 Å². The van der Waals surface area contributed by atoms with Crippen molar-refractivity contribution in [2.24, 2.45) is 0 Å². The van der Waals surface area contributed by atoms with Gasteiger partial charge in [-0.25, -0.2) is 4.68 Å². The van der Waals surface area contributed by atoms with Gasteiger partial charge >= 0.3 is 0 Å². The maximum atomic E-state index is 12.8. The molecule has 0 aliphatic rings. The molecule has 7 heteroatoms. The van der Waals surface area contributed by atoms with E-state index in [9.17, 15) is 4.79 Å². The number of rotatable bonds is 7. The molecule has 30 heavy (non-hydrogen) atoms. The first kappa shape index (κ1) is 23.2. The highest BCUT2D eigenvalue weighted by molar-refractivity contribution is 5.97. The maximum absolute atomic E-state index is 12.8. The number of carbonyl (C=O) groups excluding carboxylic acids is 1. The SMILES string of the molecule is CC.CCn1nnnc1-c1cc(C(=O)NC(C)COC)cc(-c2ccc(C)cc2)c1. The molecule has 2 aromatic carbocycles. The van der Waals surface area contributed by atoms with Crippen LogP contribution in [0.5, 0.6) is 0 Å². The van der Waals surface area contributed by atoms with E-state index in [0.29, 0.717) is 24.5 Å². The summed E-state index contributed by atoms with van der Waals surface area (Å²) < 4.78 is 6.82. The van der Waals surface area contributed by atoms with Crippen molar-refractivity contribution in [1.82, 2.24) is 25.5 Å². The molecule has 3 rings (SSSR count). The smallest absolute Gasteiger partial charge is 0.251 e. The first-order chi connectivity index (χ1) is 14.5. The molecule has 0 spiro atoms. The Kier molecular flexibility index (Phi) is 8.68. The quantitative estimate of drug-likeness (QED) is 0.635. The van der Waals surface area contributed by atoms with Gasteiger partial charge in [-0.1, -0.05) is 43.7 Å². The highest BCUT2D eigenvalue weighted by atomic mass is 16.5. The second-order valence-corrected chi connectivity index (χ2v) is 6.81. The first-order valence-corrected chi connectivity index (χ1v) is 10.3. The fourth-order valence-electron chi connectivity index (χ4n) is 3.02. The van der Waals surface area contributed by atoms with Crippen molar-refractivity contribution in [3.8, 4) is 22.5 Å². The summed E-state index contributed by atoms with van der Waals surface area (Å²) in [6.45, 7) is 11.0. The Morgan fingerprint density at radius 1 is 1.10 bits per heavy atom. The third-order valence-corrected chi connectivity index (χ3v) is 4.46. The molecule has 0 aliphatic carbocycles. The minimum Gasteiger partial charge on any atom is -0.383 e. The Morgan fingerprint density at radius 3 is 2.40 bits per heavy atom. The highest BCUT2D eigenvalue weighted by Crippen LogP contribution is 2.27. The predicted octanol–water partition coefficient (Wildman–Crippen LogP) is 4.13. The van der Waals surface area contributed by atoms with E-state index in [1.807, 2.05) is 65.0 Å². The lowest BCUT2D eigenvalue weighted by Gasteiger charge is -2.14. The highest BCUT2D eigenvalue weighted by Gasteiger charge is 2.16. The first-order valence-electron chi connectivity index (χ1n) is 10.3. The summed E-state index contributed by atoms with van der Waals surface area (Å²) in [5, 5.41) is 14.9. The minimum absolute atomic E-state index is 0.0926. The summed E-state index contributed by atoms with van der Waals surface area (Å²) in [4.78, 5) is 12.8. The number of aromatic nitrogens is 4. The topological polar surface area (TPSA) is 81.9 Å². The van der Waals surface area contributed by atoms with E-state index in [1.165, 1.54) is 5.56 Å². The molecule has 0 radical (unpaired) electrons. The van der Waals surface area contributed by atoms with Crippen molar-refractivity contribution in [3.63, 3.8) is 0 Å². The summed E-state index contributed by atoms with van der Waals surface area (Å²) in [5.41, 5.74) is 4.51. The van der Waals surface area contributed by atoms with Crippen LogP contribution >= 0.6 is 0 Å². The van der Waals surface area contributed by atoms with Crippen LogP contribution < -0.4 is 5.32 Å². The van der Waals surface area contributed by atoms with Crippen LogP contribution in [0.25, 0.3) is 22.5 Å². The van der Waals surface area contributed by atoms with Crippen molar-refractivity contribution in [1.29, 1.82) is 0 Å². The van der Waals surface area contributed by atoms with Crippen molar-refractivity contribution in [3.05, 3.63) is 53.6 Å². The molecule has 1 unspecified atom stereocenters. The second-order valence-electron chi connectivity index (χ2n) is 6.81. The van der Waals surface area contributed by atoms with Crippen molar-refractivity contribution >= 4 is 5.91 Å². The zero-order chi connectivity index (χ0) is 22.1. The average molecular weight is 410 g/mol. The Labute approximate surface area is 178 Å². The molecule has 0 bridgehead atoms. The number of hydrogen-bond donors (Lipinski definition) is 1. The maximum Gasteiger partial charge on any atom is 0.251 e. The van der Waals surface area contributed by atoms with Crippen molar-refractivity contribution in [2.75, 3.05) is 13.7 Å². The van der Waals surface area contributed by atoms with Gasteiger partial charge in [-0.15, -0.1) is 5.10 Å². The number of carbonyl (C=O) groups is 1. The summed E-state index contributed by atoms with van der Waals surface area (Å²) in [5.74, 6) is 0.478. The lowest BCUT2D eigenvalue weighted by Crippen LogP contribution is -2.35. The van der Waals surface area contributed by atoms with E-state index in [1.54, 1.807) is 11.8 Å². The molecule has 0 fully saturated rings. The van der Waals surface area contributed by atoms with E-state index in [4.69, 9.17) is 4.74 Å². The zero-order valence-corrected chi connectivity index (χ0v) is 18.6. The Bertz CT molecular complexity index is 950. The third kappa shape index (κ3) is 5.73. The molecule has 160 valence electrons. The van der Waals surface area contributed by atoms with Crippen LogP contribution in [-0.4, -0.2) is 45.9 Å². The summed E-state index contributed by atoms with van der Waals surface area (Å²) >= 11 is 0. The Morgan fingerprint density at radius 2 is 1.77 bits per heavy atom. The predicted molar refractivity (Wildman–Crippen MR) is 119 cm³/mol. The van der Waals surface area contributed by atoms with Gasteiger partial charge in [0.2, 0.25) is 0 Å². The lowest BCUT2D eigenvalue weighted by atomic mass is 9.98. The summed E-state index contributed by atoms with van der Waals surface area (Å²) in [7, 11) is 1.61. The number of amides is 1. The number of benzene rings is 2. The van der Waals surface area contributed by atoms with Gasteiger partial charge in [0.25, 0.3) is 5.91 Å². The Hall–Kier alpha value is -3.06. The van der Waals surface area contributed by atoms with Gasteiger partial charge in [0.05, 0.1) is 6.61 Å². The number of nitrogens with zero attached hydrogens (tertiary/aromatic N) is 4. The number of methoxy groups -OCH3 is 1. The van der Waals surface area contributed by atoms with E-state index in [2.05, 4.69) is 33.0 Å². The van der Waals surface area contributed by atoms with Crippen LogP contribution in [0.4, 0.5) is 0 Å². The molecule has 1 N–H and O–H groups in total. The standard InChI is InChI=1S/C21H25N5O2.C2H6/c1-5-26-20(23-24-25-26)18-10-17(16-8-6-14(2)7-9-16)11-19(12-18)21(27)22-15(3)13-28-4;1-2/h6-12,15H,5,13H2,1-4H3,(H,22,27);1-2H3. The summed E-state index contributed by atoms with van der Waals surface area (Å²) in [6.07, 6.45) is 0. The number of ether oxygens (including phenoxy) is 1. The van der Waals surface area contributed by atoms with Crippen LogP contribution in [0.1, 0.15) is 43.6 Å². The van der Waals surface area contributed by atoms with E-state index in [-0.39, 0.29) is 11.9 Å². The van der Waals surface area contributed by atoms with Crippen LogP contribution in [0.2, 0.25) is 0 Å². The molecular weight excluding hydrogens is 378 g/mol. The van der Waals surface area contributed by atoms with Crippen LogP contribution in [0, 0.1) is 6.92 Å². The molecule has 7 nitrogen and oxygen atoms in total. The van der Waals surface area contributed by atoms with Gasteiger partial charge in [0.15, 0.2) is 5.82 Å².